The number of halogens is 4. The lowest BCUT2D eigenvalue weighted by molar-refractivity contribution is -0.176. The van der Waals surface area contributed by atoms with Gasteiger partial charge in [0.1, 0.15) is 6.61 Å². The molecule has 0 aliphatic carbocycles. The lowest BCUT2D eigenvalue weighted by Gasteiger charge is -2.14. The second-order valence-corrected chi connectivity index (χ2v) is 6.52. The molecule has 0 aliphatic heterocycles. The molecule has 2 rings (SSSR count). The fourth-order valence-corrected chi connectivity index (χ4v) is 2.51. The van der Waals surface area contributed by atoms with Crippen LogP contribution in [0.1, 0.15) is 30.0 Å². The van der Waals surface area contributed by atoms with Gasteiger partial charge in [-0.2, -0.15) is 13.2 Å². The number of rotatable bonds is 10. The highest BCUT2D eigenvalue weighted by Crippen LogP contribution is 2.16. The number of guanidine groups is 1. The van der Waals surface area contributed by atoms with Gasteiger partial charge < -0.3 is 20.1 Å². The van der Waals surface area contributed by atoms with E-state index in [9.17, 15) is 13.2 Å². The Morgan fingerprint density at radius 2 is 1.74 bits per heavy atom. The Morgan fingerprint density at radius 1 is 1.06 bits per heavy atom. The van der Waals surface area contributed by atoms with Crippen molar-refractivity contribution >= 4 is 29.9 Å². The SMILES string of the molecule is CCCOc1ncccc1CNC(=NC)NCc1ccc(COCC(F)(F)F)cc1.I. The summed E-state index contributed by atoms with van der Waals surface area (Å²) >= 11 is 0. The van der Waals surface area contributed by atoms with Crippen molar-refractivity contribution in [3.05, 3.63) is 59.3 Å². The van der Waals surface area contributed by atoms with Crippen molar-refractivity contribution in [3.63, 3.8) is 0 Å². The van der Waals surface area contributed by atoms with Crippen molar-refractivity contribution in [1.29, 1.82) is 0 Å². The average molecular weight is 552 g/mol. The van der Waals surface area contributed by atoms with Gasteiger partial charge in [-0.05, 0) is 23.6 Å². The van der Waals surface area contributed by atoms with Crippen molar-refractivity contribution in [2.45, 2.75) is 39.2 Å². The molecule has 1 aromatic carbocycles. The van der Waals surface area contributed by atoms with Gasteiger partial charge in [0.05, 0.1) is 13.2 Å². The molecule has 0 unspecified atom stereocenters. The Kier molecular flexibility index (Phi) is 12.2. The first-order valence-electron chi connectivity index (χ1n) is 9.64. The maximum Gasteiger partial charge on any atom is 0.411 e. The van der Waals surface area contributed by atoms with E-state index in [2.05, 4.69) is 25.3 Å². The van der Waals surface area contributed by atoms with E-state index in [-0.39, 0.29) is 30.6 Å². The third-order valence-electron chi connectivity index (χ3n) is 3.98. The summed E-state index contributed by atoms with van der Waals surface area (Å²) in [6.45, 7) is 2.32. The van der Waals surface area contributed by atoms with Crippen molar-refractivity contribution in [2.24, 2.45) is 4.99 Å². The van der Waals surface area contributed by atoms with Crippen LogP contribution in [0.25, 0.3) is 0 Å². The van der Waals surface area contributed by atoms with Crippen LogP contribution >= 0.6 is 24.0 Å². The highest BCUT2D eigenvalue weighted by molar-refractivity contribution is 14.0. The second kappa shape index (κ2) is 14.1. The van der Waals surface area contributed by atoms with Gasteiger partial charge in [-0.3, -0.25) is 4.99 Å². The molecular weight excluding hydrogens is 524 g/mol. The van der Waals surface area contributed by atoms with E-state index in [1.54, 1.807) is 25.4 Å². The molecule has 0 saturated heterocycles. The van der Waals surface area contributed by atoms with Crippen LogP contribution in [0.5, 0.6) is 5.88 Å². The number of benzene rings is 1. The summed E-state index contributed by atoms with van der Waals surface area (Å²) in [7, 11) is 1.67. The average Bonchev–Trinajstić information content (AvgIpc) is 2.73. The summed E-state index contributed by atoms with van der Waals surface area (Å²) in [6.07, 6.45) is -1.72. The molecule has 0 radical (unpaired) electrons. The summed E-state index contributed by atoms with van der Waals surface area (Å²) in [5, 5.41) is 6.42. The molecule has 0 amide bonds. The minimum absolute atomic E-state index is 0. The van der Waals surface area contributed by atoms with E-state index in [1.165, 1.54) is 0 Å². The van der Waals surface area contributed by atoms with E-state index >= 15 is 0 Å². The Hall–Kier alpha value is -2.08. The fourth-order valence-electron chi connectivity index (χ4n) is 2.51. The molecule has 2 N–H and O–H groups in total. The predicted molar refractivity (Wildman–Crippen MR) is 125 cm³/mol. The van der Waals surface area contributed by atoms with Crippen molar-refractivity contribution in [3.8, 4) is 5.88 Å². The highest BCUT2D eigenvalue weighted by atomic mass is 127. The van der Waals surface area contributed by atoms with Crippen LogP contribution in [-0.4, -0.2) is 37.4 Å². The number of aromatic nitrogens is 1. The third kappa shape index (κ3) is 10.7. The molecule has 2 aromatic rings. The van der Waals surface area contributed by atoms with Crippen LogP contribution < -0.4 is 15.4 Å². The van der Waals surface area contributed by atoms with Crippen LogP contribution in [0.4, 0.5) is 13.2 Å². The van der Waals surface area contributed by atoms with Gasteiger partial charge >= 0.3 is 6.18 Å². The minimum Gasteiger partial charge on any atom is -0.477 e. The molecule has 31 heavy (non-hydrogen) atoms. The molecule has 0 atom stereocenters. The number of nitrogens with one attached hydrogen (secondary N) is 2. The van der Waals surface area contributed by atoms with Gasteiger partial charge in [0, 0.05) is 31.9 Å². The number of alkyl halides is 3. The largest absolute Gasteiger partial charge is 0.477 e. The molecule has 0 spiro atoms. The second-order valence-electron chi connectivity index (χ2n) is 6.52. The van der Waals surface area contributed by atoms with Crippen LogP contribution in [0, 0.1) is 0 Å². The van der Waals surface area contributed by atoms with Gasteiger partial charge in [0.2, 0.25) is 5.88 Å². The van der Waals surface area contributed by atoms with Crippen molar-refractivity contribution < 1.29 is 22.6 Å². The van der Waals surface area contributed by atoms with Crippen molar-refractivity contribution in [1.82, 2.24) is 15.6 Å². The normalized spacial score (nSPS) is 11.6. The number of pyridine rings is 1. The van der Waals surface area contributed by atoms with Gasteiger partial charge in [0.25, 0.3) is 0 Å². The van der Waals surface area contributed by atoms with E-state index in [1.807, 2.05) is 31.2 Å². The maximum absolute atomic E-state index is 12.1. The summed E-state index contributed by atoms with van der Waals surface area (Å²) in [4.78, 5) is 8.46. The van der Waals surface area contributed by atoms with Crippen LogP contribution in [0.3, 0.4) is 0 Å². The Labute approximate surface area is 197 Å². The van der Waals surface area contributed by atoms with Crippen molar-refractivity contribution in [2.75, 3.05) is 20.3 Å². The summed E-state index contributed by atoms with van der Waals surface area (Å²) < 4.78 is 46.7. The molecule has 0 saturated carbocycles. The summed E-state index contributed by atoms with van der Waals surface area (Å²) in [5.74, 6) is 1.21. The van der Waals surface area contributed by atoms with E-state index < -0.39 is 12.8 Å². The lowest BCUT2D eigenvalue weighted by Crippen LogP contribution is -2.36. The Bertz CT molecular complexity index is 802. The zero-order valence-electron chi connectivity index (χ0n) is 17.5. The van der Waals surface area contributed by atoms with E-state index in [0.29, 0.717) is 37.1 Å². The number of ether oxygens (including phenoxy) is 2. The highest BCUT2D eigenvalue weighted by Gasteiger charge is 2.27. The fraction of sp³-hybridized carbons (Fsp3) is 0.429. The summed E-state index contributed by atoms with van der Waals surface area (Å²) in [5.41, 5.74) is 2.57. The number of aliphatic imine (C=N–C) groups is 1. The van der Waals surface area contributed by atoms with Gasteiger partial charge in [-0.15, -0.1) is 24.0 Å². The molecule has 1 aromatic heterocycles. The van der Waals surface area contributed by atoms with Gasteiger partial charge in [0.15, 0.2) is 5.96 Å². The molecule has 1 heterocycles. The molecule has 0 fully saturated rings. The smallest absolute Gasteiger partial charge is 0.411 e. The Morgan fingerprint density at radius 3 is 2.39 bits per heavy atom. The third-order valence-corrected chi connectivity index (χ3v) is 3.98. The zero-order chi connectivity index (χ0) is 21.8. The molecule has 0 bridgehead atoms. The predicted octanol–water partition coefficient (Wildman–Crippen LogP) is 4.43. The number of nitrogens with zero attached hydrogens (tertiary/aromatic N) is 2. The number of hydrogen-bond donors (Lipinski definition) is 2. The molecule has 0 aliphatic rings. The van der Waals surface area contributed by atoms with Gasteiger partial charge in [-0.1, -0.05) is 37.3 Å². The molecule has 172 valence electrons. The van der Waals surface area contributed by atoms with Crippen LogP contribution in [-0.2, 0) is 24.4 Å². The topological polar surface area (TPSA) is 67.8 Å². The maximum atomic E-state index is 12.1. The van der Waals surface area contributed by atoms with Gasteiger partial charge in [-0.25, -0.2) is 4.98 Å². The standard InChI is InChI=1S/C21H27F3N4O2.HI/c1-3-11-30-19-18(5-4-10-26-19)13-28-20(25-2)27-12-16-6-8-17(9-7-16)14-29-15-21(22,23)24;/h4-10H,3,11-15H2,1-2H3,(H2,25,27,28);1H. The molecular formula is C21H28F3IN4O2. The Balaban J connectivity index is 0.00000480. The van der Waals surface area contributed by atoms with E-state index in [0.717, 1.165) is 17.5 Å². The molecule has 10 heteroatoms. The first kappa shape index (κ1) is 27.0. The van der Waals surface area contributed by atoms with Crippen LogP contribution in [0.15, 0.2) is 47.6 Å². The van der Waals surface area contributed by atoms with Crippen LogP contribution in [0.2, 0.25) is 0 Å². The monoisotopic (exact) mass is 552 g/mol. The first-order valence-corrected chi connectivity index (χ1v) is 9.64. The lowest BCUT2D eigenvalue weighted by atomic mass is 10.1. The quantitative estimate of drug-likeness (QED) is 0.260. The zero-order valence-corrected chi connectivity index (χ0v) is 19.9. The number of hydrogen-bond acceptors (Lipinski definition) is 4. The first-order chi connectivity index (χ1) is 14.4. The summed E-state index contributed by atoms with van der Waals surface area (Å²) in [6, 6.07) is 11.0. The van der Waals surface area contributed by atoms with E-state index in [4.69, 9.17) is 4.74 Å². The minimum atomic E-state index is -4.31. The molecule has 6 nitrogen and oxygen atoms in total.